The number of piperidine rings is 1. The molecule has 0 saturated carbocycles. The van der Waals surface area contributed by atoms with Gasteiger partial charge in [0, 0.05) is 36.1 Å². The summed E-state index contributed by atoms with van der Waals surface area (Å²) in [5, 5.41) is 0. The Morgan fingerprint density at radius 1 is 1.12 bits per heavy atom. The molecule has 3 rings (SSSR count). The van der Waals surface area contributed by atoms with Crippen LogP contribution < -0.4 is 0 Å². The van der Waals surface area contributed by atoms with Crippen LogP contribution >= 0.6 is 11.8 Å². The first kappa shape index (κ1) is 19.0. The first-order chi connectivity index (χ1) is 12.4. The number of hydrogen-bond donors (Lipinski definition) is 0. The molecule has 2 aromatic rings. The van der Waals surface area contributed by atoms with Gasteiger partial charge in [0.1, 0.15) is 0 Å². The van der Waals surface area contributed by atoms with Crippen LogP contribution in [0.4, 0.5) is 0 Å². The molecule has 0 spiro atoms. The average molecular weight is 369 g/mol. The zero-order valence-corrected chi connectivity index (χ0v) is 17.0. The Labute approximate surface area is 161 Å². The van der Waals surface area contributed by atoms with Gasteiger partial charge >= 0.3 is 0 Å². The molecule has 2 heterocycles. The van der Waals surface area contributed by atoms with Crippen molar-refractivity contribution in [3.63, 3.8) is 0 Å². The zero-order chi connectivity index (χ0) is 18.7. The molecule has 1 amide bonds. The Bertz CT molecular complexity index is 771. The normalized spacial score (nSPS) is 15.3. The smallest absolute Gasteiger partial charge is 0.255 e. The fourth-order valence-electron chi connectivity index (χ4n) is 3.63. The second-order valence-electron chi connectivity index (χ2n) is 7.57. The lowest BCUT2D eigenvalue weighted by Crippen LogP contribution is -2.37. The van der Waals surface area contributed by atoms with Crippen LogP contribution in [0.25, 0.3) is 0 Å². The van der Waals surface area contributed by atoms with Gasteiger partial charge in [-0.25, -0.2) is 0 Å². The van der Waals surface area contributed by atoms with Crippen molar-refractivity contribution in [2.24, 2.45) is 5.92 Å². The molecule has 1 aromatic carbocycles. The summed E-state index contributed by atoms with van der Waals surface area (Å²) in [7, 11) is 0. The minimum Gasteiger partial charge on any atom is -0.339 e. The average Bonchev–Trinajstić information content (AvgIpc) is 2.61. The Morgan fingerprint density at radius 2 is 1.77 bits per heavy atom. The maximum absolute atomic E-state index is 12.8. The third-order valence-electron chi connectivity index (χ3n) is 5.10. The van der Waals surface area contributed by atoms with Gasteiger partial charge < -0.3 is 4.90 Å². The highest BCUT2D eigenvalue weighted by Gasteiger charge is 2.21. The minimum absolute atomic E-state index is 0.124. The summed E-state index contributed by atoms with van der Waals surface area (Å²) in [5.41, 5.74) is 5.75. The molecule has 0 atom stereocenters. The number of aromatic nitrogens is 1. The number of hydrogen-bond acceptors (Lipinski definition) is 3. The molecule has 1 aliphatic heterocycles. The number of rotatable bonds is 4. The first-order valence-corrected chi connectivity index (χ1v) is 10.4. The first-order valence-electron chi connectivity index (χ1n) is 9.38. The SMILES string of the molecule is Cc1cc(C)c(SCc2cncc(C(=O)N3CCC(C)CC3)c2)c(C)c1. The second-order valence-corrected chi connectivity index (χ2v) is 8.56. The summed E-state index contributed by atoms with van der Waals surface area (Å²) in [4.78, 5) is 20.4. The maximum atomic E-state index is 12.8. The predicted octanol–water partition coefficient (Wildman–Crippen LogP) is 5.17. The van der Waals surface area contributed by atoms with Crippen molar-refractivity contribution in [2.75, 3.05) is 13.1 Å². The second kappa shape index (κ2) is 8.26. The molecule has 0 bridgehead atoms. The molecule has 0 aliphatic carbocycles. The largest absolute Gasteiger partial charge is 0.339 e. The van der Waals surface area contributed by atoms with Crippen molar-refractivity contribution in [1.29, 1.82) is 0 Å². The van der Waals surface area contributed by atoms with Crippen molar-refractivity contribution in [2.45, 2.75) is 51.2 Å². The van der Waals surface area contributed by atoms with Crippen LogP contribution in [-0.4, -0.2) is 28.9 Å². The van der Waals surface area contributed by atoms with Crippen LogP contribution in [0.15, 0.2) is 35.5 Å². The molecule has 4 heteroatoms. The molecule has 138 valence electrons. The van der Waals surface area contributed by atoms with E-state index >= 15 is 0 Å². The van der Waals surface area contributed by atoms with Gasteiger partial charge in [0.2, 0.25) is 0 Å². The van der Waals surface area contributed by atoms with Gasteiger partial charge in [-0.1, -0.05) is 24.6 Å². The van der Waals surface area contributed by atoms with Crippen LogP contribution in [-0.2, 0) is 5.75 Å². The fraction of sp³-hybridized carbons (Fsp3) is 0.455. The number of carbonyl (C=O) groups is 1. The lowest BCUT2D eigenvalue weighted by atomic mass is 9.99. The van der Waals surface area contributed by atoms with E-state index in [1.54, 1.807) is 6.20 Å². The highest BCUT2D eigenvalue weighted by Crippen LogP contribution is 2.30. The van der Waals surface area contributed by atoms with E-state index in [1.807, 2.05) is 28.9 Å². The van der Waals surface area contributed by atoms with Crippen LogP contribution in [0.5, 0.6) is 0 Å². The van der Waals surface area contributed by atoms with Crippen molar-refractivity contribution >= 4 is 17.7 Å². The Balaban J connectivity index is 1.69. The summed E-state index contributed by atoms with van der Waals surface area (Å²) >= 11 is 1.83. The molecule has 26 heavy (non-hydrogen) atoms. The molecule has 1 aliphatic rings. The van der Waals surface area contributed by atoms with E-state index in [4.69, 9.17) is 0 Å². The summed E-state index contributed by atoms with van der Waals surface area (Å²) in [6.45, 7) is 10.4. The van der Waals surface area contributed by atoms with Crippen LogP contribution in [0, 0.1) is 26.7 Å². The summed E-state index contributed by atoms with van der Waals surface area (Å²) < 4.78 is 0. The maximum Gasteiger partial charge on any atom is 0.255 e. The molecule has 3 nitrogen and oxygen atoms in total. The topological polar surface area (TPSA) is 33.2 Å². The number of carbonyl (C=O) groups excluding carboxylic acids is 1. The quantitative estimate of drug-likeness (QED) is 0.698. The van der Waals surface area contributed by atoms with Gasteiger partial charge in [-0.3, -0.25) is 9.78 Å². The zero-order valence-electron chi connectivity index (χ0n) is 16.2. The number of amides is 1. The van der Waals surface area contributed by atoms with Crippen molar-refractivity contribution < 1.29 is 4.79 Å². The number of nitrogens with zero attached hydrogens (tertiary/aromatic N) is 2. The summed E-state index contributed by atoms with van der Waals surface area (Å²) in [5.74, 6) is 1.68. The van der Waals surface area contributed by atoms with Crippen LogP contribution in [0.1, 0.15) is 52.4 Å². The summed E-state index contributed by atoms with van der Waals surface area (Å²) in [6.07, 6.45) is 5.78. The van der Waals surface area contributed by atoms with Gasteiger partial charge in [-0.2, -0.15) is 0 Å². The van der Waals surface area contributed by atoms with Crippen LogP contribution in [0.2, 0.25) is 0 Å². The van der Waals surface area contributed by atoms with E-state index in [1.165, 1.54) is 21.6 Å². The van der Waals surface area contributed by atoms with Crippen molar-refractivity contribution in [3.8, 4) is 0 Å². The van der Waals surface area contributed by atoms with E-state index in [9.17, 15) is 4.79 Å². The third kappa shape index (κ3) is 4.47. The lowest BCUT2D eigenvalue weighted by molar-refractivity contribution is 0.0696. The summed E-state index contributed by atoms with van der Waals surface area (Å²) in [6, 6.07) is 6.47. The number of thioether (sulfide) groups is 1. The molecule has 1 saturated heterocycles. The standard InChI is InChI=1S/C22H28N2OS/c1-15-5-7-24(8-6-15)22(25)20-11-19(12-23-13-20)14-26-21-17(3)9-16(2)10-18(21)4/h9-13,15H,5-8,14H2,1-4H3. The molecule has 0 radical (unpaired) electrons. The highest BCUT2D eigenvalue weighted by atomic mass is 32.2. The lowest BCUT2D eigenvalue weighted by Gasteiger charge is -2.30. The van der Waals surface area contributed by atoms with Crippen LogP contribution in [0.3, 0.4) is 0 Å². The van der Waals surface area contributed by atoms with Gasteiger partial charge in [0.05, 0.1) is 5.56 Å². The number of aryl methyl sites for hydroxylation is 3. The molecule has 1 aromatic heterocycles. The highest BCUT2D eigenvalue weighted by molar-refractivity contribution is 7.98. The van der Waals surface area contributed by atoms with Gasteiger partial charge in [-0.15, -0.1) is 11.8 Å². The van der Waals surface area contributed by atoms with E-state index in [0.29, 0.717) is 0 Å². The third-order valence-corrected chi connectivity index (χ3v) is 6.51. The van der Waals surface area contributed by atoms with Crippen molar-refractivity contribution in [1.82, 2.24) is 9.88 Å². The van der Waals surface area contributed by atoms with Crippen molar-refractivity contribution in [3.05, 3.63) is 58.4 Å². The van der Waals surface area contributed by atoms with E-state index in [-0.39, 0.29) is 5.91 Å². The number of likely N-dealkylation sites (tertiary alicyclic amines) is 1. The van der Waals surface area contributed by atoms with E-state index in [0.717, 1.165) is 48.7 Å². The fourth-order valence-corrected chi connectivity index (χ4v) is 4.67. The Hall–Kier alpha value is -1.81. The Kier molecular flexibility index (Phi) is 6.02. The molecule has 0 unspecified atom stereocenters. The van der Waals surface area contributed by atoms with Gasteiger partial charge in [-0.05, 0) is 62.3 Å². The molecular weight excluding hydrogens is 340 g/mol. The van der Waals surface area contributed by atoms with Gasteiger partial charge in [0.15, 0.2) is 0 Å². The molecule has 0 N–H and O–H groups in total. The predicted molar refractivity (Wildman–Crippen MR) is 109 cm³/mol. The Morgan fingerprint density at radius 3 is 2.42 bits per heavy atom. The van der Waals surface area contributed by atoms with E-state index in [2.05, 4.69) is 44.8 Å². The number of benzene rings is 1. The molecular formula is C22H28N2OS. The number of pyridine rings is 1. The molecule has 1 fully saturated rings. The monoisotopic (exact) mass is 368 g/mol. The van der Waals surface area contributed by atoms with E-state index < -0.39 is 0 Å². The minimum atomic E-state index is 0.124. The van der Waals surface area contributed by atoms with Gasteiger partial charge in [0.25, 0.3) is 5.91 Å².